The summed E-state index contributed by atoms with van der Waals surface area (Å²) in [6.07, 6.45) is -2.41. The molecule has 4 rings (SSSR count). The van der Waals surface area contributed by atoms with Gasteiger partial charge in [-0.2, -0.15) is 13.2 Å². The number of rotatable bonds is 6. The number of thioether (sulfide) groups is 1. The Hall–Kier alpha value is -3.01. The minimum absolute atomic E-state index is 0.0128. The second-order valence-corrected chi connectivity index (χ2v) is 9.24. The second-order valence-electron chi connectivity index (χ2n) is 8.29. The number of halogens is 3. The fraction of sp³-hybridized carbons (Fsp3) is 0.375. The molecule has 1 aliphatic rings. The summed E-state index contributed by atoms with van der Waals surface area (Å²) in [7, 11) is 1.55. The van der Waals surface area contributed by atoms with Crippen LogP contribution in [-0.4, -0.2) is 51.5 Å². The second kappa shape index (κ2) is 10.1. The number of alkyl halides is 3. The summed E-state index contributed by atoms with van der Waals surface area (Å²) in [5.41, 5.74) is 0.162. The summed E-state index contributed by atoms with van der Waals surface area (Å²) in [6, 6.07) is 12.0. The van der Waals surface area contributed by atoms with E-state index >= 15 is 0 Å². The number of methoxy groups -OCH3 is 1. The molecule has 0 spiro atoms. The zero-order chi connectivity index (χ0) is 24.3. The quantitative estimate of drug-likeness (QED) is 0.438. The molecule has 0 unspecified atom stereocenters. The van der Waals surface area contributed by atoms with Gasteiger partial charge in [0.15, 0.2) is 11.0 Å². The molecule has 3 aromatic rings. The van der Waals surface area contributed by atoms with Gasteiger partial charge < -0.3 is 9.64 Å². The van der Waals surface area contributed by atoms with Crippen LogP contribution in [0.4, 0.5) is 13.2 Å². The molecule has 34 heavy (non-hydrogen) atoms. The Morgan fingerprint density at radius 2 is 1.94 bits per heavy atom. The molecule has 0 N–H and O–H groups in total. The fourth-order valence-electron chi connectivity index (χ4n) is 3.98. The predicted molar refractivity (Wildman–Crippen MR) is 124 cm³/mol. The smallest absolute Gasteiger partial charge is 0.416 e. The van der Waals surface area contributed by atoms with E-state index < -0.39 is 11.7 Å². The third-order valence-electron chi connectivity index (χ3n) is 5.75. The van der Waals surface area contributed by atoms with E-state index in [1.807, 2.05) is 4.90 Å². The van der Waals surface area contributed by atoms with Crippen molar-refractivity contribution in [2.45, 2.75) is 31.1 Å². The highest BCUT2D eigenvalue weighted by Gasteiger charge is 2.31. The van der Waals surface area contributed by atoms with E-state index in [0.29, 0.717) is 28.2 Å². The number of hydrogen-bond donors (Lipinski definition) is 0. The Kier molecular flexibility index (Phi) is 7.16. The van der Waals surface area contributed by atoms with Crippen LogP contribution < -0.4 is 4.74 Å². The minimum Gasteiger partial charge on any atom is -0.497 e. The molecule has 10 heteroatoms. The lowest BCUT2D eigenvalue weighted by Gasteiger charge is -2.30. The highest BCUT2D eigenvalue weighted by Crippen LogP contribution is 2.34. The van der Waals surface area contributed by atoms with Crippen molar-refractivity contribution in [2.75, 3.05) is 26.0 Å². The van der Waals surface area contributed by atoms with Gasteiger partial charge in [-0.1, -0.05) is 24.8 Å². The van der Waals surface area contributed by atoms with E-state index in [-0.39, 0.29) is 17.3 Å². The lowest BCUT2D eigenvalue weighted by molar-refractivity contribution is -0.137. The molecule has 0 bridgehead atoms. The highest BCUT2D eigenvalue weighted by molar-refractivity contribution is 7.99. The Morgan fingerprint density at radius 3 is 2.62 bits per heavy atom. The van der Waals surface area contributed by atoms with Crippen molar-refractivity contribution in [3.63, 3.8) is 0 Å². The molecule has 180 valence electrons. The SMILES string of the molecule is COc1ccc(-c2nnc(SCC(=O)N3CCC[C@H](C)C3)n2-c2cccc(C(F)(F)F)c2)cc1. The summed E-state index contributed by atoms with van der Waals surface area (Å²) in [5, 5.41) is 8.84. The van der Waals surface area contributed by atoms with Crippen LogP contribution in [0.25, 0.3) is 17.1 Å². The molecule has 1 saturated heterocycles. The zero-order valence-corrected chi connectivity index (χ0v) is 19.7. The number of amides is 1. The van der Waals surface area contributed by atoms with Crippen LogP contribution in [-0.2, 0) is 11.0 Å². The van der Waals surface area contributed by atoms with Gasteiger partial charge >= 0.3 is 6.18 Å². The summed E-state index contributed by atoms with van der Waals surface area (Å²) in [4.78, 5) is 14.6. The Balaban J connectivity index is 1.68. The molecule has 0 saturated carbocycles. The van der Waals surface area contributed by atoms with Gasteiger partial charge in [0.05, 0.1) is 24.1 Å². The first kappa shape index (κ1) is 24.1. The lowest BCUT2D eigenvalue weighted by atomic mass is 10.0. The first-order valence-corrected chi connectivity index (χ1v) is 11.9. The Bertz CT molecular complexity index is 1150. The number of likely N-dealkylation sites (tertiary alicyclic amines) is 1. The molecular formula is C24H25F3N4O2S. The van der Waals surface area contributed by atoms with Gasteiger partial charge in [0.1, 0.15) is 5.75 Å². The summed E-state index contributed by atoms with van der Waals surface area (Å²) in [6.45, 7) is 3.57. The van der Waals surface area contributed by atoms with Crippen LogP contribution >= 0.6 is 11.8 Å². The average molecular weight is 491 g/mol. The standard InChI is InChI=1S/C24H25F3N4O2S/c1-16-5-4-12-30(14-16)21(32)15-34-23-29-28-22(17-8-10-20(33-2)11-9-17)31(23)19-7-3-6-18(13-19)24(25,26)27/h3,6-11,13,16H,4-5,12,14-15H2,1-2H3/t16-/m0/s1. The van der Waals surface area contributed by atoms with Crippen LogP contribution in [0.1, 0.15) is 25.3 Å². The molecule has 1 fully saturated rings. The molecule has 6 nitrogen and oxygen atoms in total. The van der Waals surface area contributed by atoms with Crippen molar-refractivity contribution in [1.29, 1.82) is 0 Å². The van der Waals surface area contributed by atoms with Crippen LogP contribution in [0.3, 0.4) is 0 Å². The maximum Gasteiger partial charge on any atom is 0.416 e. The summed E-state index contributed by atoms with van der Waals surface area (Å²) < 4.78 is 47.0. The molecule has 1 aromatic heterocycles. The van der Waals surface area contributed by atoms with E-state index in [1.165, 1.54) is 17.8 Å². The van der Waals surface area contributed by atoms with Crippen LogP contribution in [0.5, 0.6) is 5.75 Å². The predicted octanol–water partition coefficient (Wildman–Crippen LogP) is 5.31. The first-order chi connectivity index (χ1) is 16.3. The van der Waals surface area contributed by atoms with E-state index in [4.69, 9.17) is 4.74 Å². The van der Waals surface area contributed by atoms with E-state index in [1.54, 1.807) is 42.0 Å². The van der Waals surface area contributed by atoms with Crippen LogP contribution in [0.15, 0.2) is 53.7 Å². The number of benzene rings is 2. The number of nitrogens with zero attached hydrogens (tertiary/aromatic N) is 4. The minimum atomic E-state index is -4.49. The fourth-order valence-corrected chi connectivity index (χ4v) is 4.83. The van der Waals surface area contributed by atoms with Gasteiger partial charge in [-0.05, 0) is 61.2 Å². The maximum atomic E-state index is 13.4. The van der Waals surface area contributed by atoms with Crippen molar-refractivity contribution in [2.24, 2.45) is 5.92 Å². The monoisotopic (exact) mass is 490 g/mol. The number of aromatic nitrogens is 3. The van der Waals surface area contributed by atoms with Gasteiger partial charge in [-0.3, -0.25) is 9.36 Å². The van der Waals surface area contributed by atoms with Gasteiger partial charge in [0.25, 0.3) is 0 Å². The number of carbonyl (C=O) groups is 1. The Labute approximate surface area is 200 Å². The third kappa shape index (κ3) is 5.38. The van der Waals surface area contributed by atoms with Crippen LogP contribution in [0.2, 0.25) is 0 Å². The Morgan fingerprint density at radius 1 is 1.18 bits per heavy atom. The zero-order valence-electron chi connectivity index (χ0n) is 18.9. The van der Waals surface area contributed by atoms with Crippen molar-refractivity contribution in [1.82, 2.24) is 19.7 Å². The number of piperidine rings is 1. The number of carbonyl (C=O) groups excluding carboxylic acids is 1. The molecular weight excluding hydrogens is 465 g/mol. The van der Waals surface area contributed by atoms with Crippen molar-refractivity contribution >= 4 is 17.7 Å². The lowest BCUT2D eigenvalue weighted by Crippen LogP contribution is -2.40. The van der Waals surface area contributed by atoms with Gasteiger partial charge in [-0.25, -0.2) is 0 Å². The topological polar surface area (TPSA) is 60.3 Å². The van der Waals surface area contributed by atoms with Crippen molar-refractivity contribution in [3.8, 4) is 22.8 Å². The molecule has 1 aliphatic heterocycles. The normalized spacial score (nSPS) is 16.5. The molecule has 1 amide bonds. The first-order valence-electron chi connectivity index (χ1n) is 10.9. The van der Waals surface area contributed by atoms with Crippen LogP contribution in [0, 0.1) is 5.92 Å². The molecule has 0 aliphatic carbocycles. The average Bonchev–Trinajstić information content (AvgIpc) is 3.26. The number of hydrogen-bond acceptors (Lipinski definition) is 5. The highest BCUT2D eigenvalue weighted by atomic mass is 32.2. The molecule has 2 aromatic carbocycles. The van der Waals surface area contributed by atoms with Gasteiger partial charge in [-0.15, -0.1) is 10.2 Å². The molecule has 2 heterocycles. The van der Waals surface area contributed by atoms with E-state index in [2.05, 4.69) is 17.1 Å². The maximum absolute atomic E-state index is 13.4. The van der Waals surface area contributed by atoms with E-state index in [0.717, 1.165) is 38.1 Å². The van der Waals surface area contributed by atoms with Crippen molar-refractivity contribution in [3.05, 3.63) is 54.1 Å². The summed E-state index contributed by atoms with van der Waals surface area (Å²) >= 11 is 1.17. The van der Waals surface area contributed by atoms with Gasteiger partial charge in [0.2, 0.25) is 5.91 Å². The number of ether oxygens (including phenoxy) is 1. The molecule has 0 radical (unpaired) electrons. The van der Waals surface area contributed by atoms with Gasteiger partial charge in [0, 0.05) is 18.7 Å². The third-order valence-corrected chi connectivity index (χ3v) is 6.66. The molecule has 1 atom stereocenters. The summed E-state index contributed by atoms with van der Waals surface area (Å²) in [5.74, 6) is 1.60. The largest absolute Gasteiger partial charge is 0.497 e. The van der Waals surface area contributed by atoms with Crippen molar-refractivity contribution < 1.29 is 22.7 Å². The van der Waals surface area contributed by atoms with E-state index in [9.17, 15) is 18.0 Å².